The summed E-state index contributed by atoms with van der Waals surface area (Å²) in [5, 5.41) is 14.2. The zero-order valence-corrected chi connectivity index (χ0v) is 14.4. The molecule has 7 nitrogen and oxygen atoms in total. The number of rotatable bonds is 7. The molecule has 0 aliphatic rings. The lowest BCUT2D eigenvalue weighted by Crippen LogP contribution is -2.34. The van der Waals surface area contributed by atoms with E-state index >= 15 is 0 Å². The van der Waals surface area contributed by atoms with Crippen molar-refractivity contribution in [2.24, 2.45) is 0 Å². The molecule has 2 amide bonds. The largest absolute Gasteiger partial charge is 0.479 e. The number of nitrogens with one attached hydrogen (secondary N) is 2. The van der Waals surface area contributed by atoms with Crippen molar-refractivity contribution < 1.29 is 24.2 Å². The zero-order valence-electron chi connectivity index (χ0n) is 13.6. The number of hydrogen-bond acceptors (Lipinski definition) is 4. The third-order valence-electron chi connectivity index (χ3n) is 3.35. The van der Waals surface area contributed by atoms with Gasteiger partial charge in [0.2, 0.25) is 5.91 Å². The van der Waals surface area contributed by atoms with Crippen LogP contribution in [0.1, 0.15) is 17.2 Å². The monoisotopic (exact) mass is 376 g/mol. The van der Waals surface area contributed by atoms with E-state index in [9.17, 15) is 19.5 Å². The number of anilines is 1. The first-order valence-electron chi connectivity index (χ1n) is 7.65. The molecule has 0 aromatic heterocycles. The molecule has 0 aliphatic carbocycles. The van der Waals surface area contributed by atoms with E-state index in [1.54, 1.807) is 36.4 Å². The van der Waals surface area contributed by atoms with Crippen molar-refractivity contribution in [1.29, 1.82) is 0 Å². The molecule has 136 valence electrons. The van der Waals surface area contributed by atoms with E-state index < -0.39 is 24.0 Å². The van der Waals surface area contributed by atoms with Gasteiger partial charge in [-0.1, -0.05) is 42.5 Å². The number of aliphatic carboxylic acids is 1. The first-order chi connectivity index (χ1) is 12.5. The Bertz CT molecular complexity index is 782. The number of benzene rings is 2. The Labute approximate surface area is 154 Å². The molecule has 2 aromatic rings. The topological polar surface area (TPSA) is 105 Å². The van der Waals surface area contributed by atoms with Gasteiger partial charge in [-0.05, 0) is 23.3 Å². The minimum atomic E-state index is -1.33. The number of carbonyl (C=O) groups is 3. The number of alkyl halides is 1. The van der Waals surface area contributed by atoms with Gasteiger partial charge in [0.15, 0.2) is 6.04 Å². The van der Waals surface area contributed by atoms with Gasteiger partial charge in [0.05, 0.1) is 0 Å². The number of halogens is 1. The molecule has 26 heavy (non-hydrogen) atoms. The van der Waals surface area contributed by atoms with E-state index in [1.165, 1.54) is 12.1 Å². The summed E-state index contributed by atoms with van der Waals surface area (Å²) in [5.41, 5.74) is 1.43. The number of carboxylic acids is 1. The van der Waals surface area contributed by atoms with E-state index in [0.29, 0.717) is 5.69 Å². The Morgan fingerprint density at radius 2 is 1.81 bits per heavy atom. The van der Waals surface area contributed by atoms with E-state index in [2.05, 4.69) is 10.6 Å². The van der Waals surface area contributed by atoms with Gasteiger partial charge >= 0.3 is 12.1 Å². The molecular weight excluding hydrogens is 360 g/mol. The molecule has 0 saturated heterocycles. The van der Waals surface area contributed by atoms with Crippen molar-refractivity contribution in [2.45, 2.75) is 12.6 Å². The van der Waals surface area contributed by atoms with Crippen LogP contribution in [0.15, 0.2) is 54.6 Å². The summed E-state index contributed by atoms with van der Waals surface area (Å²) in [7, 11) is 0. The predicted octanol–water partition coefficient (Wildman–Crippen LogP) is 2.92. The van der Waals surface area contributed by atoms with Crippen LogP contribution in [-0.2, 0) is 20.9 Å². The summed E-state index contributed by atoms with van der Waals surface area (Å²) in [5.74, 6) is -1.91. The van der Waals surface area contributed by atoms with Crippen molar-refractivity contribution in [3.63, 3.8) is 0 Å². The van der Waals surface area contributed by atoms with Gasteiger partial charge in [-0.25, -0.2) is 9.59 Å². The Hall–Kier alpha value is -3.06. The van der Waals surface area contributed by atoms with E-state index in [4.69, 9.17) is 16.3 Å². The molecular formula is C18H17ClN2O5. The van der Waals surface area contributed by atoms with Crippen LogP contribution < -0.4 is 10.6 Å². The van der Waals surface area contributed by atoms with Gasteiger partial charge in [-0.15, -0.1) is 11.6 Å². The lowest BCUT2D eigenvalue weighted by atomic mass is 10.1. The SMILES string of the molecule is O=C(CCl)Nc1cccc([C@H](NC(=O)OCc2ccccc2)C(=O)O)c1. The molecule has 2 aromatic carbocycles. The molecule has 0 unspecified atom stereocenters. The maximum Gasteiger partial charge on any atom is 0.408 e. The maximum atomic E-state index is 11.9. The first kappa shape index (κ1) is 19.3. The molecule has 3 N–H and O–H groups in total. The third-order valence-corrected chi connectivity index (χ3v) is 3.59. The molecule has 0 saturated carbocycles. The quantitative estimate of drug-likeness (QED) is 0.644. The van der Waals surface area contributed by atoms with Gasteiger partial charge in [0, 0.05) is 5.69 Å². The standard InChI is InChI=1S/C18H17ClN2O5/c19-10-15(22)20-14-8-4-7-13(9-14)16(17(23)24)21-18(25)26-11-12-5-2-1-3-6-12/h1-9,16H,10-11H2,(H,20,22)(H,21,25)(H,23,24)/t16-/m0/s1. The summed E-state index contributed by atoms with van der Waals surface area (Å²) < 4.78 is 5.04. The highest BCUT2D eigenvalue weighted by molar-refractivity contribution is 6.29. The third kappa shape index (κ3) is 5.78. The van der Waals surface area contributed by atoms with Crippen molar-refractivity contribution in [2.75, 3.05) is 11.2 Å². The molecule has 2 rings (SSSR count). The molecule has 0 bridgehead atoms. The minimum absolute atomic E-state index is 0.0187. The summed E-state index contributed by atoms with van der Waals surface area (Å²) in [4.78, 5) is 34.8. The van der Waals surface area contributed by atoms with Crippen LogP contribution >= 0.6 is 11.6 Å². The number of amides is 2. The molecule has 0 spiro atoms. The lowest BCUT2D eigenvalue weighted by molar-refractivity contribution is -0.139. The van der Waals surface area contributed by atoms with Crippen molar-refractivity contribution in [3.8, 4) is 0 Å². The van der Waals surface area contributed by atoms with Gasteiger partial charge < -0.3 is 20.5 Å². The lowest BCUT2D eigenvalue weighted by Gasteiger charge is -2.16. The van der Waals surface area contributed by atoms with Crippen molar-refractivity contribution in [1.82, 2.24) is 5.32 Å². The number of alkyl carbamates (subject to hydrolysis) is 1. The highest BCUT2D eigenvalue weighted by Gasteiger charge is 2.23. The average Bonchev–Trinajstić information content (AvgIpc) is 2.65. The van der Waals surface area contributed by atoms with Gasteiger partial charge in [0.1, 0.15) is 12.5 Å². The fourth-order valence-electron chi connectivity index (χ4n) is 2.16. The van der Waals surface area contributed by atoms with Crippen molar-refractivity contribution >= 4 is 35.3 Å². The number of ether oxygens (including phenoxy) is 1. The molecule has 0 aliphatic heterocycles. The van der Waals surface area contributed by atoms with E-state index in [0.717, 1.165) is 5.56 Å². The zero-order chi connectivity index (χ0) is 18.9. The van der Waals surface area contributed by atoms with Crippen LogP contribution in [0, 0.1) is 0 Å². The second kappa shape index (κ2) is 9.43. The maximum absolute atomic E-state index is 11.9. The Morgan fingerprint density at radius 1 is 1.08 bits per heavy atom. The molecule has 0 radical (unpaired) electrons. The predicted molar refractivity (Wildman–Crippen MR) is 95.9 cm³/mol. The van der Waals surface area contributed by atoms with Crippen LogP contribution in [0.4, 0.5) is 10.5 Å². The number of hydrogen-bond donors (Lipinski definition) is 3. The number of carboxylic acid groups (broad SMARTS) is 1. The van der Waals surface area contributed by atoms with Gasteiger partial charge in [-0.3, -0.25) is 4.79 Å². The molecule has 0 fully saturated rings. The molecule has 0 heterocycles. The fourth-order valence-corrected chi connectivity index (χ4v) is 2.23. The first-order valence-corrected chi connectivity index (χ1v) is 8.19. The number of carbonyl (C=O) groups excluding carboxylic acids is 2. The summed E-state index contributed by atoms with van der Waals surface area (Å²) in [6.07, 6.45) is -0.864. The van der Waals surface area contributed by atoms with Crippen LogP contribution in [-0.4, -0.2) is 29.0 Å². The summed E-state index contributed by atoms with van der Waals surface area (Å²) in [6.45, 7) is 0.0187. The smallest absolute Gasteiger partial charge is 0.408 e. The highest BCUT2D eigenvalue weighted by Crippen LogP contribution is 2.18. The van der Waals surface area contributed by atoms with Gasteiger partial charge in [0.25, 0.3) is 0 Å². The second-order valence-electron chi connectivity index (χ2n) is 5.28. The fraction of sp³-hybridized carbons (Fsp3) is 0.167. The van der Waals surface area contributed by atoms with E-state index in [-0.39, 0.29) is 18.1 Å². The van der Waals surface area contributed by atoms with E-state index in [1.807, 2.05) is 6.07 Å². The minimum Gasteiger partial charge on any atom is -0.479 e. The second-order valence-corrected chi connectivity index (χ2v) is 5.55. The average molecular weight is 377 g/mol. The summed E-state index contributed by atoms with van der Waals surface area (Å²) in [6, 6.07) is 13.8. The van der Waals surface area contributed by atoms with Crippen LogP contribution in [0.25, 0.3) is 0 Å². The van der Waals surface area contributed by atoms with Crippen LogP contribution in [0.2, 0.25) is 0 Å². The van der Waals surface area contributed by atoms with Gasteiger partial charge in [-0.2, -0.15) is 0 Å². The highest BCUT2D eigenvalue weighted by atomic mass is 35.5. The summed E-state index contributed by atoms with van der Waals surface area (Å²) >= 11 is 5.43. The Kier molecular flexibility index (Phi) is 6.99. The van der Waals surface area contributed by atoms with Crippen LogP contribution in [0.3, 0.4) is 0 Å². The van der Waals surface area contributed by atoms with Crippen LogP contribution in [0.5, 0.6) is 0 Å². The Balaban J connectivity index is 2.04. The molecule has 1 atom stereocenters. The molecule has 8 heteroatoms. The normalized spacial score (nSPS) is 11.3. The Morgan fingerprint density at radius 3 is 2.46 bits per heavy atom. The van der Waals surface area contributed by atoms with Crippen molar-refractivity contribution in [3.05, 3.63) is 65.7 Å².